The fourth-order valence-corrected chi connectivity index (χ4v) is 4.49. The van der Waals surface area contributed by atoms with Crippen molar-refractivity contribution >= 4 is 21.8 Å². The summed E-state index contributed by atoms with van der Waals surface area (Å²) in [5.41, 5.74) is 6.51. The first-order valence-corrected chi connectivity index (χ1v) is 10.7. The predicted octanol–water partition coefficient (Wildman–Crippen LogP) is 5.53. The monoisotopic (exact) mass is 409 g/mol. The van der Waals surface area contributed by atoms with E-state index in [9.17, 15) is 0 Å². The summed E-state index contributed by atoms with van der Waals surface area (Å²) in [6.45, 7) is 2.13. The highest BCUT2D eigenvalue weighted by atomic mass is 16.5. The molecule has 0 saturated heterocycles. The van der Waals surface area contributed by atoms with Crippen LogP contribution in [0.5, 0.6) is 5.75 Å². The fourth-order valence-electron chi connectivity index (χ4n) is 4.49. The Bertz CT molecular complexity index is 1410. The molecule has 1 unspecified atom stereocenters. The van der Waals surface area contributed by atoms with Crippen molar-refractivity contribution in [2.24, 2.45) is 7.05 Å². The van der Waals surface area contributed by atoms with E-state index in [1.54, 1.807) is 4.68 Å². The second kappa shape index (κ2) is 6.94. The summed E-state index contributed by atoms with van der Waals surface area (Å²) in [5.74, 6) is 1.47. The molecule has 2 aromatic carbocycles. The molecular weight excluding hydrogens is 386 g/mol. The first kappa shape index (κ1) is 18.1. The number of benzene rings is 2. The van der Waals surface area contributed by atoms with Gasteiger partial charge in [-0.1, -0.05) is 12.1 Å². The van der Waals surface area contributed by atoms with E-state index in [1.807, 2.05) is 43.8 Å². The predicted molar refractivity (Wildman–Crippen MR) is 121 cm³/mol. The van der Waals surface area contributed by atoms with Crippen LogP contribution in [-0.2, 0) is 7.05 Å². The lowest BCUT2D eigenvalue weighted by Gasteiger charge is -2.20. The lowest BCUT2D eigenvalue weighted by Crippen LogP contribution is -2.07. The molecule has 31 heavy (non-hydrogen) atoms. The van der Waals surface area contributed by atoms with Crippen molar-refractivity contribution in [2.45, 2.75) is 31.8 Å². The molecule has 1 N–H and O–H groups in total. The van der Waals surface area contributed by atoms with Gasteiger partial charge in [-0.25, -0.2) is 0 Å². The number of aromatic amines is 1. The van der Waals surface area contributed by atoms with Crippen molar-refractivity contribution in [2.75, 3.05) is 0 Å². The van der Waals surface area contributed by atoms with Crippen LogP contribution in [-0.4, -0.2) is 25.0 Å². The molecule has 1 aliphatic rings. The molecule has 0 spiro atoms. The van der Waals surface area contributed by atoms with Gasteiger partial charge in [-0.2, -0.15) is 10.2 Å². The molecule has 6 nitrogen and oxygen atoms in total. The van der Waals surface area contributed by atoms with Crippen LogP contribution in [0.2, 0.25) is 0 Å². The summed E-state index contributed by atoms with van der Waals surface area (Å²) in [4.78, 5) is 4.56. The molecular formula is C25H23N5O. The molecule has 3 heterocycles. The highest BCUT2D eigenvalue weighted by molar-refractivity contribution is 5.93. The average Bonchev–Trinajstić information content (AvgIpc) is 3.41. The Morgan fingerprint density at radius 1 is 1.13 bits per heavy atom. The van der Waals surface area contributed by atoms with Crippen LogP contribution in [0, 0.1) is 0 Å². The molecule has 3 aromatic heterocycles. The Balaban J connectivity index is 1.40. The van der Waals surface area contributed by atoms with Gasteiger partial charge in [0.25, 0.3) is 0 Å². The lowest BCUT2D eigenvalue weighted by molar-refractivity contribution is 0.227. The topological polar surface area (TPSA) is 68.6 Å². The number of H-pyrrole nitrogens is 1. The van der Waals surface area contributed by atoms with Crippen LogP contribution >= 0.6 is 0 Å². The molecule has 0 bridgehead atoms. The number of hydrogen-bond donors (Lipinski definition) is 1. The van der Waals surface area contributed by atoms with E-state index in [0.717, 1.165) is 33.4 Å². The van der Waals surface area contributed by atoms with Crippen molar-refractivity contribution in [3.05, 3.63) is 72.2 Å². The van der Waals surface area contributed by atoms with Gasteiger partial charge in [-0.15, -0.1) is 0 Å². The summed E-state index contributed by atoms with van der Waals surface area (Å²) in [7, 11) is 1.91. The molecule has 0 radical (unpaired) electrons. The molecule has 154 valence electrons. The number of pyridine rings is 1. The molecule has 6 rings (SSSR count). The van der Waals surface area contributed by atoms with Crippen molar-refractivity contribution in [1.29, 1.82) is 0 Å². The number of rotatable bonds is 5. The summed E-state index contributed by atoms with van der Waals surface area (Å²) in [6.07, 6.45) is 8.06. The molecule has 5 aromatic rings. The molecule has 1 saturated carbocycles. The number of ether oxygens (including phenoxy) is 1. The Hall–Kier alpha value is -3.67. The number of nitrogens with zero attached hydrogens (tertiary/aromatic N) is 4. The van der Waals surface area contributed by atoms with Crippen molar-refractivity contribution in [1.82, 2.24) is 25.0 Å². The van der Waals surface area contributed by atoms with E-state index >= 15 is 0 Å². The van der Waals surface area contributed by atoms with Crippen LogP contribution in [0.1, 0.15) is 42.9 Å². The van der Waals surface area contributed by atoms with Gasteiger partial charge in [0, 0.05) is 41.3 Å². The third-order valence-corrected chi connectivity index (χ3v) is 6.11. The zero-order valence-corrected chi connectivity index (χ0v) is 17.5. The number of nitrogens with one attached hydrogen (secondary N) is 1. The minimum absolute atomic E-state index is 0.0882. The van der Waals surface area contributed by atoms with Crippen LogP contribution < -0.4 is 4.74 Å². The summed E-state index contributed by atoms with van der Waals surface area (Å²) >= 11 is 0. The zero-order valence-electron chi connectivity index (χ0n) is 17.5. The molecule has 1 aliphatic carbocycles. The Labute approximate surface area is 179 Å². The molecule has 1 atom stereocenters. The minimum atomic E-state index is -0.0882. The summed E-state index contributed by atoms with van der Waals surface area (Å²) in [5, 5.41) is 14.1. The van der Waals surface area contributed by atoms with Crippen LogP contribution in [0.4, 0.5) is 0 Å². The Morgan fingerprint density at radius 3 is 2.84 bits per heavy atom. The van der Waals surface area contributed by atoms with E-state index in [2.05, 4.69) is 51.5 Å². The minimum Gasteiger partial charge on any atom is -0.486 e. The maximum atomic E-state index is 6.51. The molecule has 1 fully saturated rings. The zero-order chi connectivity index (χ0) is 20.9. The van der Waals surface area contributed by atoms with Gasteiger partial charge in [0.05, 0.1) is 17.2 Å². The summed E-state index contributed by atoms with van der Waals surface area (Å²) < 4.78 is 8.29. The van der Waals surface area contributed by atoms with Crippen molar-refractivity contribution in [3.63, 3.8) is 0 Å². The van der Waals surface area contributed by atoms with Crippen molar-refractivity contribution in [3.8, 4) is 17.0 Å². The van der Waals surface area contributed by atoms with Gasteiger partial charge in [0.2, 0.25) is 0 Å². The summed E-state index contributed by atoms with van der Waals surface area (Å²) in [6, 6.07) is 14.6. The van der Waals surface area contributed by atoms with Gasteiger partial charge < -0.3 is 4.74 Å². The highest BCUT2D eigenvalue weighted by Gasteiger charge is 2.29. The average molecular weight is 409 g/mol. The molecule has 6 heteroatoms. The van der Waals surface area contributed by atoms with E-state index in [0.29, 0.717) is 5.92 Å². The van der Waals surface area contributed by atoms with Gasteiger partial charge in [0.15, 0.2) is 0 Å². The maximum Gasteiger partial charge on any atom is 0.122 e. The van der Waals surface area contributed by atoms with E-state index < -0.39 is 0 Å². The Kier molecular flexibility index (Phi) is 4.06. The van der Waals surface area contributed by atoms with E-state index in [1.165, 1.54) is 29.4 Å². The molecule has 0 amide bonds. The quantitative estimate of drug-likeness (QED) is 0.414. The second-order valence-electron chi connectivity index (χ2n) is 8.36. The van der Waals surface area contributed by atoms with E-state index in [-0.39, 0.29) is 6.10 Å². The largest absolute Gasteiger partial charge is 0.486 e. The first-order chi connectivity index (χ1) is 15.2. The van der Waals surface area contributed by atoms with Gasteiger partial charge in [-0.3, -0.25) is 14.8 Å². The van der Waals surface area contributed by atoms with Crippen LogP contribution in [0.25, 0.3) is 33.1 Å². The van der Waals surface area contributed by atoms with Gasteiger partial charge in [-0.05, 0) is 61.6 Å². The van der Waals surface area contributed by atoms with Crippen LogP contribution in [0.15, 0.2) is 61.1 Å². The fraction of sp³-hybridized carbons (Fsp3) is 0.240. The first-order valence-electron chi connectivity index (χ1n) is 10.7. The standard InChI is InChI=1S/C25H23N5O/c1-15(24-19(16-5-6-16)8-10-22-20(24)4-3-11-26-22)31-18-7-9-23-21(12-18)25(29-28-23)17-13-27-30(2)14-17/h3-4,7-16H,5-6H2,1-2H3,(H,28,29). The smallest absolute Gasteiger partial charge is 0.122 e. The number of aryl methyl sites for hydroxylation is 1. The third-order valence-electron chi connectivity index (χ3n) is 6.11. The van der Waals surface area contributed by atoms with Gasteiger partial charge >= 0.3 is 0 Å². The number of aromatic nitrogens is 5. The number of fused-ring (bicyclic) bond motifs is 2. The van der Waals surface area contributed by atoms with E-state index in [4.69, 9.17) is 4.74 Å². The SMILES string of the molecule is CC(Oc1ccc2[nH]nc(-c3cnn(C)c3)c2c1)c1c(C2CC2)ccc2ncccc12. The molecule has 0 aliphatic heterocycles. The third kappa shape index (κ3) is 3.15. The maximum absolute atomic E-state index is 6.51. The Morgan fingerprint density at radius 2 is 2.03 bits per heavy atom. The lowest BCUT2D eigenvalue weighted by atomic mass is 9.95. The second-order valence-corrected chi connectivity index (χ2v) is 8.36. The normalized spacial score (nSPS) is 14.9. The van der Waals surface area contributed by atoms with Crippen molar-refractivity contribution < 1.29 is 4.74 Å². The number of hydrogen-bond acceptors (Lipinski definition) is 4. The highest BCUT2D eigenvalue weighted by Crippen LogP contribution is 2.45. The van der Waals surface area contributed by atoms with Crippen LogP contribution in [0.3, 0.4) is 0 Å². The van der Waals surface area contributed by atoms with Gasteiger partial charge in [0.1, 0.15) is 17.5 Å².